The van der Waals surface area contributed by atoms with Crippen LogP contribution in [0, 0.1) is 0 Å². The van der Waals surface area contributed by atoms with Crippen molar-refractivity contribution in [1.29, 1.82) is 0 Å². The Bertz CT molecular complexity index is 608. The number of β-amino-alcohol motifs (C(OH)–C–C–N with tert-alkyl or cyclic N) is 1. The monoisotopic (exact) mass is 302 g/mol. The molecule has 1 aromatic carbocycles. The van der Waals surface area contributed by atoms with Crippen molar-refractivity contribution in [2.45, 2.75) is 38.8 Å². The number of ether oxygens (including phenoxy) is 1. The van der Waals surface area contributed by atoms with Gasteiger partial charge in [0.2, 0.25) is 0 Å². The number of nitrogens with one attached hydrogen (secondary N) is 1. The van der Waals surface area contributed by atoms with E-state index in [1.54, 1.807) is 0 Å². The standard InChI is InChI=1S/C18H26N2O2/c1-2-3-10-22-13-14(21)11-20-9-8-16-15-6-4-5-7-17(15)19-18(16)12-20/h4-7,14,19,21H,2-3,8-13H2,1H3. The third kappa shape index (κ3) is 3.51. The molecule has 1 aliphatic rings. The number of hydrogen-bond acceptors (Lipinski definition) is 3. The highest BCUT2D eigenvalue weighted by Gasteiger charge is 2.21. The maximum absolute atomic E-state index is 10.1. The zero-order valence-electron chi connectivity index (χ0n) is 13.3. The summed E-state index contributed by atoms with van der Waals surface area (Å²) in [4.78, 5) is 5.84. The van der Waals surface area contributed by atoms with E-state index in [9.17, 15) is 5.11 Å². The molecule has 0 radical (unpaired) electrons. The largest absolute Gasteiger partial charge is 0.389 e. The van der Waals surface area contributed by atoms with E-state index in [-0.39, 0.29) is 0 Å². The van der Waals surface area contributed by atoms with Gasteiger partial charge in [0, 0.05) is 42.8 Å². The van der Waals surface area contributed by atoms with Crippen LogP contribution in [0.5, 0.6) is 0 Å². The molecule has 0 aliphatic carbocycles. The number of unbranched alkanes of at least 4 members (excludes halogenated alkanes) is 1. The topological polar surface area (TPSA) is 48.5 Å². The predicted octanol–water partition coefficient (Wildman–Crippen LogP) is 2.70. The Morgan fingerprint density at radius 3 is 3.09 bits per heavy atom. The lowest BCUT2D eigenvalue weighted by Crippen LogP contribution is -2.38. The Hall–Kier alpha value is -1.36. The van der Waals surface area contributed by atoms with Gasteiger partial charge in [-0.3, -0.25) is 4.90 Å². The molecule has 0 amide bonds. The molecule has 1 aliphatic heterocycles. The van der Waals surface area contributed by atoms with E-state index in [2.05, 4.69) is 41.1 Å². The number of aromatic amines is 1. The van der Waals surface area contributed by atoms with Gasteiger partial charge in [0.15, 0.2) is 0 Å². The first-order chi connectivity index (χ1) is 10.8. The van der Waals surface area contributed by atoms with Crippen LogP contribution >= 0.6 is 0 Å². The molecule has 120 valence electrons. The second-order valence-electron chi connectivity index (χ2n) is 6.20. The summed E-state index contributed by atoms with van der Waals surface area (Å²) in [7, 11) is 0. The highest BCUT2D eigenvalue weighted by Crippen LogP contribution is 2.27. The average Bonchev–Trinajstić information content (AvgIpc) is 2.89. The molecular formula is C18H26N2O2. The van der Waals surface area contributed by atoms with Crippen molar-refractivity contribution in [3.63, 3.8) is 0 Å². The first-order valence-corrected chi connectivity index (χ1v) is 8.34. The predicted molar refractivity (Wildman–Crippen MR) is 89.0 cm³/mol. The van der Waals surface area contributed by atoms with E-state index in [4.69, 9.17) is 4.74 Å². The Kier molecular flexibility index (Phi) is 5.13. The van der Waals surface area contributed by atoms with Gasteiger partial charge < -0.3 is 14.8 Å². The minimum absolute atomic E-state index is 0.400. The van der Waals surface area contributed by atoms with Crippen molar-refractivity contribution < 1.29 is 9.84 Å². The summed E-state index contributed by atoms with van der Waals surface area (Å²) in [5, 5.41) is 11.5. The number of para-hydroxylation sites is 1. The molecule has 0 bridgehead atoms. The fourth-order valence-electron chi connectivity index (χ4n) is 3.22. The van der Waals surface area contributed by atoms with Crippen LogP contribution in [0.2, 0.25) is 0 Å². The molecular weight excluding hydrogens is 276 g/mol. The van der Waals surface area contributed by atoms with Crippen LogP contribution in [0.3, 0.4) is 0 Å². The summed E-state index contributed by atoms with van der Waals surface area (Å²) in [6, 6.07) is 8.49. The summed E-state index contributed by atoms with van der Waals surface area (Å²) in [5.41, 5.74) is 3.96. The van der Waals surface area contributed by atoms with Gasteiger partial charge in [-0.2, -0.15) is 0 Å². The first-order valence-electron chi connectivity index (χ1n) is 8.34. The summed E-state index contributed by atoms with van der Waals surface area (Å²) in [6.07, 6.45) is 2.84. The third-order valence-electron chi connectivity index (χ3n) is 4.38. The number of aromatic nitrogens is 1. The van der Waals surface area contributed by atoms with Gasteiger partial charge in [-0.15, -0.1) is 0 Å². The number of aliphatic hydroxyl groups excluding tert-OH is 1. The number of H-pyrrole nitrogens is 1. The molecule has 0 saturated heterocycles. The quantitative estimate of drug-likeness (QED) is 0.773. The Morgan fingerprint density at radius 1 is 1.36 bits per heavy atom. The number of nitrogens with zero attached hydrogens (tertiary/aromatic N) is 1. The number of fused-ring (bicyclic) bond motifs is 3. The molecule has 0 fully saturated rings. The van der Waals surface area contributed by atoms with Crippen molar-refractivity contribution in [2.24, 2.45) is 0 Å². The number of benzene rings is 1. The van der Waals surface area contributed by atoms with Crippen LogP contribution in [-0.2, 0) is 17.7 Å². The van der Waals surface area contributed by atoms with Crippen LogP contribution in [-0.4, -0.2) is 47.4 Å². The van der Waals surface area contributed by atoms with Gasteiger partial charge in [-0.1, -0.05) is 31.5 Å². The fourth-order valence-corrected chi connectivity index (χ4v) is 3.22. The van der Waals surface area contributed by atoms with Gasteiger partial charge in [-0.05, 0) is 24.5 Å². The van der Waals surface area contributed by atoms with E-state index < -0.39 is 6.10 Å². The van der Waals surface area contributed by atoms with E-state index in [1.807, 2.05) is 0 Å². The smallest absolute Gasteiger partial charge is 0.0900 e. The molecule has 2 aromatic rings. The van der Waals surface area contributed by atoms with Crippen molar-refractivity contribution in [2.75, 3.05) is 26.3 Å². The molecule has 3 rings (SSSR count). The number of hydrogen-bond donors (Lipinski definition) is 2. The molecule has 1 unspecified atom stereocenters. The molecule has 1 atom stereocenters. The zero-order valence-corrected chi connectivity index (χ0v) is 13.3. The van der Waals surface area contributed by atoms with Crippen molar-refractivity contribution >= 4 is 10.9 Å². The van der Waals surface area contributed by atoms with Gasteiger partial charge in [0.05, 0.1) is 12.7 Å². The number of rotatable bonds is 7. The molecule has 0 spiro atoms. The minimum Gasteiger partial charge on any atom is -0.389 e. The average molecular weight is 302 g/mol. The summed E-state index contributed by atoms with van der Waals surface area (Å²) >= 11 is 0. The zero-order chi connectivity index (χ0) is 15.4. The lowest BCUT2D eigenvalue weighted by atomic mass is 10.0. The van der Waals surface area contributed by atoms with Crippen LogP contribution in [0.4, 0.5) is 0 Å². The van der Waals surface area contributed by atoms with E-state index >= 15 is 0 Å². The molecule has 22 heavy (non-hydrogen) atoms. The van der Waals surface area contributed by atoms with E-state index in [0.717, 1.165) is 39.0 Å². The highest BCUT2D eigenvalue weighted by molar-refractivity contribution is 5.84. The van der Waals surface area contributed by atoms with Gasteiger partial charge in [0.25, 0.3) is 0 Å². The molecule has 4 heteroatoms. The van der Waals surface area contributed by atoms with E-state index in [0.29, 0.717) is 13.2 Å². The summed E-state index contributed by atoms with van der Waals surface area (Å²) < 4.78 is 5.51. The lowest BCUT2D eigenvalue weighted by molar-refractivity contribution is 0.0133. The highest BCUT2D eigenvalue weighted by atomic mass is 16.5. The molecule has 2 heterocycles. The number of aliphatic hydroxyl groups is 1. The summed E-state index contributed by atoms with van der Waals surface area (Å²) in [6.45, 7) is 5.90. The minimum atomic E-state index is -0.400. The van der Waals surface area contributed by atoms with Crippen molar-refractivity contribution in [3.05, 3.63) is 35.5 Å². The Labute approximate surface area is 132 Å². The summed E-state index contributed by atoms with van der Waals surface area (Å²) in [5.74, 6) is 0. The third-order valence-corrected chi connectivity index (χ3v) is 4.38. The van der Waals surface area contributed by atoms with Gasteiger partial charge in [0.1, 0.15) is 0 Å². The Balaban J connectivity index is 1.55. The lowest BCUT2D eigenvalue weighted by Gasteiger charge is -2.28. The van der Waals surface area contributed by atoms with Crippen LogP contribution < -0.4 is 0 Å². The second kappa shape index (κ2) is 7.27. The fraction of sp³-hybridized carbons (Fsp3) is 0.556. The molecule has 4 nitrogen and oxygen atoms in total. The van der Waals surface area contributed by atoms with Gasteiger partial charge >= 0.3 is 0 Å². The Morgan fingerprint density at radius 2 is 2.23 bits per heavy atom. The maximum Gasteiger partial charge on any atom is 0.0900 e. The molecule has 0 saturated carbocycles. The second-order valence-corrected chi connectivity index (χ2v) is 6.20. The van der Waals surface area contributed by atoms with E-state index in [1.165, 1.54) is 22.2 Å². The first kappa shape index (κ1) is 15.5. The van der Waals surface area contributed by atoms with Crippen LogP contribution in [0.15, 0.2) is 24.3 Å². The molecule has 1 aromatic heterocycles. The molecule has 2 N–H and O–H groups in total. The van der Waals surface area contributed by atoms with Gasteiger partial charge in [-0.25, -0.2) is 0 Å². The normalized spacial score (nSPS) is 16.8. The van der Waals surface area contributed by atoms with Crippen LogP contribution in [0.25, 0.3) is 10.9 Å². The SMILES string of the molecule is CCCCOCC(O)CN1CCc2c([nH]c3ccccc23)C1. The van der Waals surface area contributed by atoms with Crippen LogP contribution in [0.1, 0.15) is 31.0 Å². The van der Waals surface area contributed by atoms with Crippen molar-refractivity contribution in [1.82, 2.24) is 9.88 Å². The van der Waals surface area contributed by atoms with Crippen molar-refractivity contribution in [3.8, 4) is 0 Å². The maximum atomic E-state index is 10.1.